The molecule has 0 bridgehead atoms. The fraction of sp³-hybridized carbons (Fsp3) is 0.364. The van der Waals surface area contributed by atoms with Crippen LogP contribution in [0.2, 0.25) is 0 Å². The van der Waals surface area contributed by atoms with Gasteiger partial charge in [0.1, 0.15) is 6.61 Å². The van der Waals surface area contributed by atoms with Crippen molar-refractivity contribution in [3.05, 3.63) is 35.4 Å². The largest absolute Gasteiger partial charge is 0.375 e. The zero-order valence-electron chi connectivity index (χ0n) is 9.09. The van der Waals surface area contributed by atoms with Crippen molar-refractivity contribution in [3.63, 3.8) is 0 Å². The molecular formula is C11H13F2NO2. The molecule has 0 fully saturated rings. The van der Waals surface area contributed by atoms with E-state index in [9.17, 15) is 13.6 Å². The number of hydrogen-bond acceptors (Lipinski definition) is 2. The molecule has 0 aliphatic heterocycles. The highest BCUT2D eigenvalue weighted by Gasteiger charge is 2.11. The highest BCUT2D eigenvalue weighted by Crippen LogP contribution is 2.15. The van der Waals surface area contributed by atoms with Crippen LogP contribution in [0.3, 0.4) is 0 Å². The van der Waals surface area contributed by atoms with Crippen LogP contribution < -0.4 is 5.32 Å². The fourth-order valence-electron chi connectivity index (χ4n) is 1.28. The third kappa shape index (κ3) is 3.27. The van der Waals surface area contributed by atoms with E-state index in [0.29, 0.717) is 5.56 Å². The van der Waals surface area contributed by atoms with Gasteiger partial charge in [0, 0.05) is 7.11 Å². The first-order chi connectivity index (χ1) is 7.54. The third-order valence-corrected chi connectivity index (χ3v) is 2.10. The van der Waals surface area contributed by atoms with Gasteiger partial charge in [0.15, 0.2) is 11.6 Å². The first kappa shape index (κ1) is 12.6. The van der Waals surface area contributed by atoms with E-state index in [0.717, 1.165) is 12.1 Å². The predicted octanol–water partition coefficient (Wildman–Crippen LogP) is 1.79. The summed E-state index contributed by atoms with van der Waals surface area (Å²) >= 11 is 0. The highest BCUT2D eigenvalue weighted by molar-refractivity contribution is 5.77. The van der Waals surface area contributed by atoms with Crippen LogP contribution in [0.4, 0.5) is 8.78 Å². The summed E-state index contributed by atoms with van der Waals surface area (Å²) in [4.78, 5) is 11.2. The minimum atomic E-state index is -0.926. The maximum atomic E-state index is 12.9. The normalized spacial score (nSPS) is 12.2. The number of methoxy groups -OCH3 is 1. The molecule has 1 aromatic rings. The van der Waals surface area contributed by atoms with E-state index in [-0.39, 0.29) is 12.5 Å². The first-order valence-electron chi connectivity index (χ1n) is 4.78. The molecule has 16 heavy (non-hydrogen) atoms. The first-order valence-corrected chi connectivity index (χ1v) is 4.78. The fourth-order valence-corrected chi connectivity index (χ4v) is 1.28. The zero-order chi connectivity index (χ0) is 12.1. The van der Waals surface area contributed by atoms with E-state index in [4.69, 9.17) is 0 Å². The average Bonchev–Trinajstić information content (AvgIpc) is 2.22. The highest BCUT2D eigenvalue weighted by atomic mass is 19.2. The molecule has 1 amide bonds. The topological polar surface area (TPSA) is 38.3 Å². The zero-order valence-corrected chi connectivity index (χ0v) is 9.09. The van der Waals surface area contributed by atoms with Crippen molar-refractivity contribution in [2.45, 2.75) is 13.0 Å². The van der Waals surface area contributed by atoms with Gasteiger partial charge in [0.05, 0.1) is 6.04 Å². The van der Waals surface area contributed by atoms with Crippen LogP contribution in [0.25, 0.3) is 0 Å². The molecule has 0 radical (unpaired) electrons. The van der Waals surface area contributed by atoms with E-state index in [1.165, 1.54) is 13.2 Å². The minimum absolute atomic E-state index is 0.0615. The summed E-state index contributed by atoms with van der Waals surface area (Å²) in [5, 5.41) is 2.59. The molecule has 1 atom stereocenters. The summed E-state index contributed by atoms with van der Waals surface area (Å²) in [5.41, 5.74) is 0.503. The van der Waals surface area contributed by atoms with E-state index in [2.05, 4.69) is 10.1 Å². The molecule has 1 unspecified atom stereocenters. The van der Waals surface area contributed by atoms with Crippen molar-refractivity contribution in [2.24, 2.45) is 0 Å². The molecule has 0 saturated carbocycles. The maximum Gasteiger partial charge on any atom is 0.246 e. The van der Waals surface area contributed by atoms with Crippen molar-refractivity contribution < 1.29 is 18.3 Å². The van der Waals surface area contributed by atoms with Crippen molar-refractivity contribution >= 4 is 5.91 Å². The number of amides is 1. The van der Waals surface area contributed by atoms with Crippen molar-refractivity contribution in [2.75, 3.05) is 13.7 Å². The molecule has 88 valence electrons. The van der Waals surface area contributed by atoms with Crippen molar-refractivity contribution in [1.82, 2.24) is 5.32 Å². The molecule has 5 heteroatoms. The maximum absolute atomic E-state index is 12.9. The Labute approximate surface area is 92.4 Å². The number of halogens is 2. The predicted molar refractivity (Wildman–Crippen MR) is 54.8 cm³/mol. The van der Waals surface area contributed by atoms with Crippen molar-refractivity contribution in [1.29, 1.82) is 0 Å². The Balaban J connectivity index is 2.69. The average molecular weight is 229 g/mol. The summed E-state index contributed by atoms with van der Waals surface area (Å²) in [7, 11) is 1.40. The van der Waals surface area contributed by atoms with Gasteiger partial charge in [-0.15, -0.1) is 0 Å². The van der Waals surface area contributed by atoms with Gasteiger partial charge in [-0.1, -0.05) is 6.07 Å². The lowest BCUT2D eigenvalue weighted by molar-refractivity contribution is -0.125. The molecule has 1 N–H and O–H groups in total. The molecule has 0 saturated heterocycles. The molecule has 0 aromatic heterocycles. The van der Waals surface area contributed by atoms with E-state index in [1.807, 2.05) is 0 Å². The molecular weight excluding hydrogens is 216 g/mol. The van der Waals surface area contributed by atoms with Gasteiger partial charge in [0.25, 0.3) is 0 Å². The van der Waals surface area contributed by atoms with Crippen molar-refractivity contribution in [3.8, 4) is 0 Å². The van der Waals surface area contributed by atoms with Crippen LogP contribution >= 0.6 is 0 Å². The lowest BCUT2D eigenvalue weighted by atomic mass is 10.1. The lowest BCUT2D eigenvalue weighted by Gasteiger charge is -2.14. The number of benzene rings is 1. The summed E-state index contributed by atoms with van der Waals surface area (Å²) in [6.07, 6.45) is 0. The lowest BCUT2D eigenvalue weighted by Crippen LogP contribution is -2.29. The van der Waals surface area contributed by atoms with Crippen LogP contribution in [0.15, 0.2) is 18.2 Å². The second kappa shape index (κ2) is 5.55. The molecule has 0 aliphatic carbocycles. The van der Waals surface area contributed by atoms with Gasteiger partial charge in [-0.2, -0.15) is 0 Å². The van der Waals surface area contributed by atoms with Gasteiger partial charge in [0.2, 0.25) is 5.91 Å². The minimum Gasteiger partial charge on any atom is -0.375 e. The molecule has 3 nitrogen and oxygen atoms in total. The Morgan fingerprint density at radius 1 is 1.44 bits per heavy atom. The van der Waals surface area contributed by atoms with E-state index >= 15 is 0 Å². The number of carbonyl (C=O) groups excluding carboxylic acids is 1. The second-order valence-electron chi connectivity index (χ2n) is 3.40. The number of hydrogen-bond donors (Lipinski definition) is 1. The third-order valence-electron chi connectivity index (χ3n) is 2.10. The number of rotatable bonds is 4. The Morgan fingerprint density at radius 3 is 2.69 bits per heavy atom. The van der Waals surface area contributed by atoms with E-state index in [1.54, 1.807) is 6.92 Å². The standard InChI is InChI=1S/C11H13F2NO2/c1-7(14-11(15)6-16-2)8-3-4-9(12)10(13)5-8/h3-5,7H,6H2,1-2H3,(H,14,15). The van der Waals surface area contributed by atoms with Crippen LogP contribution in [0.5, 0.6) is 0 Å². The number of carbonyl (C=O) groups is 1. The van der Waals surface area contributed by atoms with Crippen LogP contribution in [-0.2, 0) is 9.53 Å². The quantitative estimate of drug-likeness (QED) is 0.854. The van der Waals surface area contributed by atoms with Gasteiger partial charge < -0.3 is 10.1 Å². The van der Waals surface area contributed by atoms with Crippen LogP contribution in [0.1, 0.15) is 18.5 Å². The Morgan fingerprint density at radius 2 is 2.12 bits per heavy atom. The Hall–Kier alpha value is -1.49. The van der Waals surface area contributed by atoms with Gasteiger partial charge in [-0.25, -0.2) is 8.78 Å². The molecule has 0 heterocycles. The van der Waals surface area contributed by atoms with E-state index < -0.39 is 17.7 Å². The Kier molecular flexibility index (Phi) is 4.37. The summed E-state index contributed by atoms with van der Waals surface area (Å²) < 4.78 is 30.2. The molecule has 0 aliphatic rings. The summed E-state index contributed by atoms with van der Waals surface area (Å²) in [5.74, 6) is -2.13. The molecule has 1 aromatic carbocycles. The van der Waals surface area contributed by atoms with Crippen LogP contribution in [-0.4, -0.2) is 19.6 Å². The Bertz CT molecular complexity index is 382. The number of ether oxygens (including phenoxy) is 1. The summed E-state index contributed by atoms with van der Waals surface area (Å²) in [6, 6.07) is 3.13. The summed E-state index contributed by atoms with van der Waals surface area (Å²) in [6.45, 7) is 1.62. The molecule has 1 rings (SSSR count). The van der Waals surface area contributed by atoms with Crippen LogP contribution in [0, 0.1) is 11.6 Å². The smallest absolute Gasteiger partial charge is 0.246 e. The monoisotopic (exact) mass is 229 g/mol. The van der Waals surface area contributed by atoms with Gasteiger partial charge in [-0.3, -0.25) is 4.79 Å². The SMILES string of the molecule is COCC(=O)NC(C)c1ccc(F)c(F)c1. The van der Waals surface area contributed by atoms with Gasteiger partial charge >= 0.3 is 0 Å². The molecule has 0 spiro atoms. The number of nitrogens with one attached hydrogen (secondary N) is 1. The second-order valence-corrected chi connectivity index (χ2v) is 3.40. The van der Waals surface area contributed by atoms with Gasteiger partial charge in [-0.05, 0) is 24.6 Å².